The summed E-state index contributed by atoms with van der Waals surface area (Å²) in [5.74, 6) is 0.563. The summed E-state index contributed by atoms with van der Waals surface area (Å²) in [6.45, 7) is 3.43. The molecule has 1 aromatic carbocycles. The van der Waals surface area contributed by atoms with Crippen molar-refractivity contribution < 1.29 is 4.21 Å². The molecule has 2 atom stereocenters. The van der Waals surface area contributed by atoms with Gasteiger partial charge in [0.05, 0.1) is 0 Å². The van der Waals surface area contributed by atoms with Crippen molar-refractivity contribution >= 4 is 16.6 Å². The zero-order chi connectivity index (χ0) is 11.7. The van der Waals surface area contributed by atoms with Gasteiger partial charge in [-0.3, -0.25) is 9.62 Å². The first-order valence-corrected chi connectivity index (χ1v) is 6.95. The van der Waals surface area contributed by atoms with Gasteiger partial charge >= 0.3 is 0 Å². The molecule has 1 aromatic rings. The van der Waals surface area contributed by atoms with E-state index in [1.54, 1.807) is 6.26 Å². The van der Waals surface area contributed by atoms with Crippen LogP contribution < -0.4 is 0 Å². The van der Waals surface area contributed by atoms with Gasteiger partial charge in [0.25, 0.3) is 0 Å². The van der Waals surface area contributed by atoms with Gasteiger partial charge < -0.3 is 4.90 Å². The summed E-state index contributed by atoms with van der Waals surface area (Å²) in [7, 11) is -0.825. The third-order valence-electron chi connectivity index (χ3n) is 2.99. The van der Waals surface area contributed by atoms with Crippen molar-refractivity contribution in [3.63, 3.8) is 0 Å². The Morgan fingerprint density at radius 3 is 2.81 bits per heavy atom. The first-order valence-electron chi connectivity index (χ1n) is 5.33. The van der Waals surface area contributed by atoms with Crippen molar-refractivity contribution in [2.75, 3.05) is 12.8 Å². The minimum atomic E-state index is -0.825. The number of nitrogens with one attached hydrogen (secondary N) is 1. The molecular weight excluding hydrogens is 220 g/mol. The fourth-order valence-electron chi connectivity index (χ4n) is 1.92. The number of amidine groups is 1. The molecule has 0 bridgehead atoms. The van der Waals surface area contributed by atoms with E-state index in [1.165, 1.54) is 5.56 Å². The Kier molecular flexibility index (Phi) is 3.10. The third-order valence-corrected chi connectivity index (χ3v) is 4.28. The number of rotatable bonds is 3. The van der Waals surface area contributed by atoms with E-state index in [0.717, 1.165) is 12.1 Å². The Morgan fingerprint density at radius 2 is 2.19 bits per heavy atom. The summed E-state index contributed by atoms with van der Waals surface area (Å²) >= 11 is 0. The fourth-order valence-corrected chi connectivity index (χ4v) is 2.31. The molecule has 1 heterocycles. The van der Waals surface area contributed by atoms with Crippen LogP contribution in [0.2, 0.25) is 0 Å². The van der Waals surface area contributed by atoms with Crippen molar-refractivity contribution in [2.45, 2.75) is 18.7 Å². The number of hydrogen-bond acceptors (Lipinski definition) is 2. The van der Waals surface area contributed by atoms with E-state index in [9.17, 15) is 4.21 Å². The summed E-state index contributed by atoms with van der Waals surface area (Å²) in [6, 6.07) is 7.98. The van der Waals surface area contributed by atoms with Crippen LogP contribution in [-0.2, 0) is 17.3 Å². The van der Waals surface area contributed by atoms with Crippen molar-refractivity contribution in [2.24, 2.45) is 0 Å². The Balaban J connectivity index is 2.13. The van der Waals surface area contributed by atoms with Crippen molar-refractivity contribution in [1.29, 1.82) is 5.41 Å². The predicted molar refractivity (Wildman–Crippen MR) is 67.2 cm³/mol. The lowest BCUT2D eigenvalue weighted by Gasteiger charge is -2.21. The molecular formula is C12H16N2OS. The van der Waals surface area contributed by atoms with Gasteiger partial charge in [0.2, 0.25) is 0 Å². The monoisotopic (exact) mass is 236 g/mol. The van der Waals surface area contributed by atoms with Crippen LogP contribution in [-0.4, -0.2) is 33.0 Å². The molecule has 3 nitrogen and oxygen atoms in total. The van der Waals surface area contributed by atoms with Gasteiger partial charge in [-0.25, -0.2) is 0 Å². The Labute approximate surface area is 98.4 Å². The van der Waals surface area contributed by atoms with Gasteiger partial charge in [-0.2, -0.15) is 0 Å². The van der Waals surface area contributed by atoms with E-state index in [-0.39, 0.29) is 5.25 Å². The molecule has 0 aliphatic carbocycles. The van der Waals surface area contributed by atoms with Gasteiger partial charge in [-0.05, 0) is 12.5 Å². The predicted octanol–water partition coefficient (Wildman–Crippen LogP) is 1.59. The Hall–Kier alpha value is -1.16. The second-order valence-corrected chi connectivity index (χ2v) is 6.00. The number of hydrogen-bond donors (Lipinski definition) is 1. The molecule has 4 heteroatoms. The van der Waals surface area contributed by atoms with Crippen LogP contribution in [0.4, 0.5) is 0 Å². The molecule has 16 heavy (non-hydrogen) atoms. The van der Waals surface area contributed by atoms with Crippen LogP contribution in [0, 0.1) is 5.41 Å². The lowest BCUT2D eigenvalue weighted by molar-refractivity contribution is 0.429. The molecule has 0 spiro atoms. The maximum absolute atomic E-state index is 11.3. The lowest BCUT2D eigenvalue weighted by Crippen LogP contribution is -2.33. The van der Waals surface area contributed by atoms with Crippen molar-refractivity contribution in [1.82, 2.24) is 4.90 Å². The van der Waals surface area contributed by atoms with Crippen molar-refractivity contribution in [3.05, 3.63) is 35.4 Å². The molecule has 0 radical (unpaired) electrons. The van der Waals surface area contributed by atoms with Crippen LogP contribution in [0.25, 0.3) is 0 Å². The van der Waals surface area contributed by atoms with E-state index in [1.807, 2.05) is 30.0 Å². The minimum Gasteiger partial charge on any atom is -0.351 e. The van der Waals surface area contributed by atoms with Crippen LogP contribution in [0.1, 0.15) is 18.1 Å². The number of fused-ring (bicyclic) bond motifs is 1. The maximum Gasteiger partial charge on any atom is 0.128 e. The molecule has 2 rings (SSSR count). The largest absolute Gasteiger partial charge is 0.351 e. The summed E-state index contributed by atoms with van der Waals surface area (Å²) in [6.07, 6.45) is 1.72. The Bertz CT molecular complexity index is 444. The molecule has 0 saturated heterocycles. The highest BCUT2D eigenvalue weighted by Gasteiger charge is 2.25. The van der Waals surface area contributed by atoms with E-state index in [4.69, 9.17) is 5.41 Å². The van der Waals surface area contributed by atoms with E-state index in [0.29, 0.717) is 12.4 Å². The molecule has 86 valence electrons. The minimum absolute atomic E-state index is 0.106. The van der Waals surface area contributed by atoms with Gasteiger partial charge in [0.1, 0.15) is 5.84 Å². The highest BCUT2D eigenvalue weighted by atomic mass is 32.2. The maximum atomic E-state index is 11.3. The third kappa shape index (κ3) is 2.02. The summed E-state index contributed by atoms with van der Waals surface area (Å²) in [5.41, 5.74) is 2.21. The average molecular weight is 236 g/mol. The molecule has 0 saturated carbocycles. The van der Waals surface area contributed by atoms with Crippen LogP contribution in [0.5, 0.6) is 0 Å². The first-order chi connectivity index (χ1) is 7.59. The fraction of sp³-hybridized carbons (Fsp3) is 0.417. The summed E-state index contributed by atoms with van der Waals surface area (Å²) in [4.78, 5) is 2.00. The van der Waals surface area contributed by atoms with E-state index >= 15 is 0 Å². The second-order valence-electron chi connectivity index (χ2n) is 4.20. The number of benzene rings is 1. The SMILES string of the molecule is CC(CN1Cc2ccccc2C1=N)S(C)=O. The standard InChI is InChI=1S/C12H16N2OS/c1-9(16(2)15)7-14-8-10-5-3-4-6-11(10)12(14)13/h3-6,9,13H,7-8H2,1-2H3. The van der Waals surface area contributed by atoms with Gasteiger partial charge in [0.15, 0.2) is 0 Å². The quantitative estimate of drug-likeness (QED) is 0.866. The molecule has 0 amide bonds. The van der Waals surface area contributed by atoms with Gasteiger partial charge in [-0.15, -0.1) is 0 Å². The zero-order valence-corrected chi connectivity index (χ0v) is 10.4. The highest BCUT2D eigenvalue weighted by molar-refractivity contribution is 7.84. The molecule has 0 aromatic heterocycles. The smallest absolute Gasteiger partial charge is 0.128 e. The zero-order valence-electron chi connectivity index (χ0n) is 9.56. The molecule has 1 aliphatic heterocycles. The summed E-state index contributed by atoms with van der Waals surface area (Å²) < 4.78 is 11.3. The highest BCUT2D eigenvalue weighted by Crippen LogP contribution is 2.22. The Morgan fingerprint density at radius 1 is 1.50 bits per heavy atom. The topological polar surface area (TPSA) is 44.2 Å². The second kappa shape index (κ2) is 4.37. The molecule has 2 unspecified atom stereocenters. The van der Waals surface area contributed by atoms with Crippen LogP contribution >= 0.6 is 0 Å². The van der Waals surface area contributed by atoms with E-state index in [2.05, 4.69) is 6.07 Å². The van der Waals surface area contributed by atoms with E-state index < -0.39 is 10.8 Å². The molecule has 0 fully saturated rings. The van der Waals surface area contributed by atoms with Crippen molar-refractivity contribution in [3.8, 4) is 0 Å². The van der Waals surface area contributed by atoms with Gasteiger partial charge in [-0.1, -0.05) is 24.3 Å². The normalized spacial score (nSPS) is 18.4. The summed E-state index contributed by atoms with van der Waals surface area (Å²) in [5, 5.41) is 8.16. The molecule has 1 aliphatic rings. The average Bonchev–Trinajstić information content (AvgIpc) is 2.56. The number of nitrogens with zero attached hydrogens (tertiary/aromatic N) is 1. The first kappa shape index (κ1) is 11.3. The molecule has 1 N–H and O–H groups in total. The van der Waals surface area contributed by atoms with Gasteiger partial charge in [0, 0.05) is 41.0 Å². The van der Waals surface area contributed by atoms with Crippen LogP contribution in [0.3, 0.4) is 0 Å². The van der Waals surface area contributed by atoms with Crippen LogP contribution in [0.15, 0.2) is 24.3 Å². The lowest BCUT2D eigenvalue weighted by atomic mass is 10.1.